The molecule has 0 amide bonds. The van der Waals surface area contributed by atoms with Gasteiger partial charge in [0.15, 0.2) is 0 Å². The maximum Gasteiger partial charge on any atom is 0.0731 e. The molecule has 1 N–H and O–H groups in total. The largest absolute Gasteiger partial charge is 0.311 e. The molecule has 1 atom stereocenters. The summed E-state index contributed by atoms with van der Waals surface area (Å²) in [4.78, 5) is 0. The van der Waals surface area contributed by atoms with Crippen molar-refractivity contribution in [3.05, 3.63) is 20.8 Å². The van der Waals surface area contributed by atoms with Gasteiger partial charge in [-0.3, -0.25) is 0 Å². The Morgan fingerprint density at radius 2 is 2.50 bits per heavy atom. The molecule has 14 heavy (non-hydrogen) atoms. The van der Waals surface area contributed by atoms with Crippen LogP contribution < -0.4 is 5.32 Å². The molecule has 1 fully saturated rings. The van der Waals surface area contributed by atoms with Crippen LogP contribution in [0.3, 0.4) is 0 Å². The predicted molar refractivity (Wildman–Crippen MR) is 66.0 cm³/mol. The van der Waals surface area contributed by atoms with E-state index in [2.05, 4.69) is 39.6 Å². The van der Waals surface area contributed by atoms with E-state index >= 15 is 0 Å². The van der Waals surface area contributed by atoms with Crippen molar-refractivity contribution in [2.75, 3.05) is 6.54 Å². The van der Waals surface area contributed by atoms with Crippen LogP contribution >= 0.6 is 27.3 Å². The normalized spacial score (nSPS) is 27.0. The Kier molecular flexibility index (Phi) is 3.30. The third-order valence-corrected chi connectivity index (χ3v) is 5.04. The number of hydrogen-bond acceptors (Lipinski definition) is 2. The predicted octanol–water partition coefficient (Wildman–Crippen LogP) is 3.59. The minimum atomic E-state index is 0.379. The minimum absolute atomic E-state index is 0.379. The van der Waals surface area contributed by atoms with E-state index in [1.165, 1.54) is 41.6 Å². The Morgan fingerprint density at radius 1 is 1.64 bits per heavy atom. The van der Waals surface area contributed by atoms with Gasteiger partial charge < -0.3 is 5.32 Å². The first-order chi connectivity index (χ1) is 6.76. The molecule has 1 aromatic heterocycles. The third kappa shape index (κ3) is 2.05. The zero-order valence-corrected chi connectivity index (χ0v) is 10.9. The van der Waals surface area contributed by atoms with Crippen molar-refractivity contribution in [3.63, 3.8) is 0 Å². The van der Waals surface area contributed by atoms with Gasteiger partial charge in [-0.05, 0) is 65.2 Å². The summed E-state index contributed by atoms with van der Waals surface area (Å²) in [5.41, 5.74) is 1.84. The lowest BCUT2D eigenvalue weighted by molar-refractivity contribution is 0.360. The van der Waals surface area contributed by atoms with E-state index in [1.54, 1.807) is 11.3 Å². The first-order valence-electron chi connectivity index (χ1n) is 5.23. The number of hydrogen-bond donors (Lipinski definition) is 1. The van der Waals surface area contributed by atoms with Crippen molar-refractivity contribution in [2.45, 2.75) is 38.1 Å². The van der Waals surface area contributed by atoms with E-state index in [-0.39, 0.29) is 0 Å². The first-order valence-corrected chi connectivity index (χ1v) is 6.90. The highest BCUT2D eigenvalue weighted by Crippen LogP contribution is 2.32. The molecule has 3 heteroatoms. The third-order valence-electron chi connectivity index (χ3n) is 3.23. The van der Waals surface area contributed by atoms with Gasteiger partial charge in [-0.25, -0.2) is 0 Å². The van der Waals surface area contributed by atoms with Crippen LogP contribution in [-0.4, -0.2) is 12.1 Å². The molecule has 1 nitrogen and oxygen atoms in total. The quantitative estimate of drug-likeness (QED) is 0.888. The van der Waals surface area contributed by atoms with Crippen LogP contribution in [0.15, 0.2) is 15.2 Å². The molecule has 0 bridgehead atoms. The zero-order valence-electron chi connectivity index (χ0n) is 8.48. The van der Waals surface area contributed by atoms with Gasteiger partial charge in [-0.1, -0.05) is 6.92 Å². The lowest BCUT2D eigenvalue weighted by Gasteiger charge is -2.28. The van der Waals surface area contributed by atoms with Crippen molar-refractivity contribution in [1.29, 1.82) is 0 Å². The fourth-order valence-corrected chi connectivity index (χ4v) is 3.50. The molecule has 0 aromatic carbocycles. The van der Waals surface area contributed by atoms with Gasteiger partial charge in [-0.2, -0.15) is 0 Å². The van der Waals surface area contributed by atoms with Crippen LogP contribution in [-0.2, 0) is 6.42 Å². The molecule has 1 aliphatic heterocycles. The van der Waals surface area contributed by atoms with Crippen molar-refractivity contribution in [2.24, 2.45) is 0 Å². The highest BCUT2D eigenvalue weighted by Gasteiger charge is 2.32. The van der Waals surface area contributed by atoms with Gasteiger partial charge in [0.1, 0.15) is 0 Å². The summed E-state index contributed by atoms with van der Waals surface area (Å²) in [5.74, 6) is 0. The summed E-state index contributed by atoms with van der Waals surface area (Å²) in [7, 11) is 0. The second kappa shape index (κ2) is 4.33. The standard InChI is InChI=1S/C11H16BrNS/c1-2-11(5-3-6-13-11)8-9-4-7-14-10(9)12/h4,7,13H,2-3,5-6,8H2,1H3. The van der Waals surface area contributed by atoms with E-state index in [0.29, 0.717) is 5.54 Å². The SMILES string of the molecule is CCC1(Cc2ccsc2Br)CCCN1. The van der Waals surface area contributed by atoms with Crippen LogP contribution in [0.25, 0.3) is 0 Å². The van der Waals surface area contributed by atoms with E-state index in [4.69, 9.17) is 0 Å². The van der Waals surface area contributed by atoms with Crippen LogP contribution in [0, 0.1) is 0 Å². The second-order valence-electron chi connectivity index (χ2n) is 4.06. The molecule has 0 aliphatic carbocycles. The van der Waals surface area contributed by atoms with E-state index in [1.807, 2.05) is 0 Å². The summed E-state index contributed by atoms with van der Waals surface area (Å²) < 4.78 is 1.30. The lowest BCUT2D eigenvalue weighted by Crippen LogP contribution is -2.41. The van der Waals surface area contributed by atoms with E-state index < -0.39 is 0 Å². The Hall–Kier alpha value is 0.140. The van der Waals surface area contributed by atoms with Gasteiger partial charge in [-0.15, -0.1) is 11.3 Å². The summed E-state index contributed by atoms with van der Waals surface area (Å²) in [5, 5.41) is 5.83. The molecule has 78 valence electrons. The number of rotatable bonds is 3. The first kappa shape index (κ1) is 10.7. The lowest BCUT2D eigenvalue weighted by atomic mass is 9.88. The van der Waals surface area contributed by atoms with Crippen molar-refractivity contribution in [1.82, 2.24) is 5.32 Å². The topological polar surface area (TPSA) is 12.0 Å². The average Bonchev–Trinajstić information content (AvgIpc) is 2.79. The zero-order chi connectivity index (χ0) is 10.0. The van der Waals surface area contributed by atoms with Gasteiger partial charge in [0, 0.05) is 5.54 Å². The molecular weight excluding hydrogens is 258 g/mol. The molecule has 1 saturated heterocycles. The summed E-state index contributed by atoms with van der Waals surface area (Å²) in [6.45, 7) is 3.48. The average molecular weight is 274 g/mol. The fourth-order valence-electron chi connectivity index (χ4n) is 2.26. The minimum Gasteiger partial charge on any atom is -0.311 e. The molecule has 2 rings (SSSR count). The Morgan fingerprint density at radius 3 is 3.00 bits per heavy atom. The molecule has 2 heterocycles. The van der Waals surface area contributed by atoms with E-state index in [9.17, 15) is 0 Å². The second-order valence-corrected chi connectivity index (χ2v) is 6.29. The molecule has 0 saturated carbocycles. The fraction of sp³-hybridized carbons (Fsp3) is 0.636. The number of halogens is 1. The number of thiophene rings is 1. The molecule has 1 unspecified atom stereocenters. The van der Waals surface area contributed by atoms with Crippen molar-refractivity contribution in [3.8, 4) is 0 Å². The summed E-state index contributed by atoms with van der Waals surface area (Å²) in [6.07, 6.45) is 5.06. The van der Waals surface area contributed by atoms with Crippen LogP contribution in [0.5, 0.6) is 0 Å². The molecule has 0 spiro atoms. The Labute approximate surface area is 98.0 Å². The van der Waals surface area contributed by atoms with Crippen LogP contribution in [0.1, 0.15) is 31.7 Å². The maximum absolute atomic E-state index is 3.67. The van der Waals surface area contributed by atoms with Gasteiger partial charge in [0.05, 0.1) is 3.79 Å². The van der Waals surface area contributed by atoms with Gasteiger partial charge in [0.25, 0.3) is 0 Å². The summed E-state index contributed by atoms with van der Waals surface area (Å²) in [6, 6.07) is 2.24. The molecule has 1 aliphatic rings. The highest BCUT2D eigenvalue weighted by molar-refractivity contribution is 9.11. The van der Waals surface area contributed by atoms with E-state index in [0.717, 1.165) is 0 Å². The monoisotopic (exact) mass is 273 g/mol. The number of nitrogens with one attached hydrogen (secondary N) is 1. The van der Waals surface area contributed by atoms with Crippen LogP contribution in [0.4, 0.5) is 0 Å². The Bertz CT molecular complexity index is 302. The molecule has 0 radical (unpaired) electrons. The van der Waals surface area contributed by atoms with Crippen molar-refractivity contribution >= 4 is 27.3 Å². The maximum atomic E-state index is 3.67. The van der Waals surface area contributed by atoms with Gasteiger partial charge >= 0.3 is 0 Å². The molecular formula is C11H16BrNS. The summed E-state index contributed by atoms with van der Waals surface area (Å²) >= 11 is 5.40. The highest BCUT2D eigenvalue weighted by atomic mass is 79.9. The Balaban J connectivity index is 2.12. The smallest absolute Gasteiger partial charge is 0.0731 e. The van der Waals surface area contributed by atoms with Crippen LogP contribution in [0.2, 0.25) is 0 Å². The van der Waals surface area contributed by atoms with Gasteiger partial charge in [0.2, 0.25) is 0 Å². The van der Waals surface area contributed by atoms with Crippen molar-refractivity contribution < 1.29 is 0 Å². The molecule has 1 aromatic rings.